The molecule has 0 aliphatic carbocycles. The first-order valence-electron chi connectivity index (χ1n) is 9.36. The van der Waals surface area contributed by atoms with E-state index in [0.717, 1.165) is 50.6 Å². The lowest BCUT2D eigenvalue weighted by molar-refractivity contribution is 0.129. The van der Waals surface area contributed by atoms with Crippen LogP contribution in [0.2, 0.25) is 5.02 Å². The largest absolute Gasteiger partial charge is 0.373 e. The van der Waals surface area contributed by atoms with Crippen molar-refractivity contribution >= 4 is 11.6 Å². The van der Waals surface area contributed by atoms with Crippen molar-refractivity contribution in [2.24, 2.45) is 5.73 Å². The Labute approximate surface area is 162 Å². The fraction of sp³-hybridized carbons (Fsp3) is 0.364. The molecule has 1 aliphatic heterocycles. The van der Waals surface area contributed by atoms with Gasteiger partial charge in [-0.2, -0.15) is 0 Å². The van der Waals surface area contributed by atoms with Crippen LogP contribution in [0.3, 0.4) is 0 Å². The molecule has 1 aliphatic rings. The van der Waals surface area contributed by atoms with Crippen LogP contribution < -0.4 is 5.73 Å². The third kappa shape index (κ3) is 4.67. The summed E-state index contributed by atoms with van der Waals surface area (Å²) in [6.07, 6.45) is 2.01. The second-order valence-electron chi connectivity index (χ2n) is 6.85. The molecule has 2 aromatic rings. The lowest BCUT2D eigenvalue weighted by atomic mass is 9.96. The molecule has 2 N–H and O–H groups in total. The first-order chi connectivity index (χ1) is 12.7. The Kier molecular flexibility index (Phi) is 6.73. The summed E-state index contributed by atoms with van der Waals surface area (Å²) in [6, 6.07) is 19.2. The zero-order valence-electron chi connectivity index (χ0n) is 15.3. The number of nitrogens with zero attached hydrogens (tertiary/aromatic N) is 2. The Balaban J connectivity index is 1.75. The van der Waals surface area contributed by atoms with Crippen LogP contribution in [-0.4, -0.2) is 42.5 Å². The van der Waals surface area contributed by atoms with Gasteiger partial charge in [-0.1, -0.05) is 60.6 Å². The molecule has 0 amide bonds. The minimum atomic E-state index is 0.257. The Bertz CT molecular complexity index is 691. The summed E-state index contributed by atoms with van der Waals surface area (Å²) in [4.78, 5) is 4.97. The van der Waals surface area contributed by atoms with Gasteiger partial charge in [-0.15, -0.1) is 0 Å². The molecule has 0 spiro atoms. The number of piperazine rings is 1. The van der Waals surface area contributed by atoms with Gasteiger partial charge < -0.3 is 10.6 Å². The molecule has 0 saturated carbocycles. The highest BCUT2D eigenvalue weighted by Gasteiger charge is 2.26. The van der Waals surface area contributed by atoms with Crippen molar-refractivity contribution in [2.75, 3.05) is 32.7 Å². The molecule has 4 heteroatoms. The Hall–Kier alpha value is -1.81. The van der Waals surface area contributed by atoms with E-state index >= 15 is 0 Å². The van der Waals surface area contributed by atoms with Gasteiger partial charge in [0.05, 0.1) is 6.04 Å². The van der Waals surface area contributed by atoms with Crippen LogP contribution in [0, 0.1) is 0 Å². The van der Waals surface area contributed by atoms with Gasteiger partial charge in [0.1, 0.15) is 0 Å². The van der Waals surface area contributed by atoms with Crippen molar-refractivity contribution in [3.05, 3.63) is 83.0 Å². The summed E-state index contributed by atoms with van der Waals surface area (Å²) in [5, 5.41) is 0.779. The number of benzene rings is 2. The summed E-state index contributed by atoms with van der Waals surface area (Å²) >= 11 is 6.10. The normalized spacial score (nSPS) is 16.5. The molecule has 1 unspecified atom stereocenters. The third-order valence-electron chi connectivity index (χ3n) is 5.10. The average Bonchev–Trinajstić information content (AvgIpc) is 2.69. The van der Waals surface area contributed by atoms with Gasteiger partial charge in [-0.25, -0.2) is 0 Å². The number of rotatable bonds is 7. The van der Waals surface area contributed by atoms with Gasteiger partial charge in [0.2, 0.25) is 0 Å². The summed E-state index contributed by atoms with van der Waals surface area (Å²) in [5.74, 6) is 0. The fourth-order valence-corrected chi connectivity index (χ4v) is 3.78. The van der Waals surface area contributed by atoms with Crippen LogP contribution in [0.4, 0.5) is 0 Å². The number of allylic oxidation sites excluding steroid dienone is 1. The summed E-state index contributed by atoms with van der Waals surface area (Å²) in [5.41, 5.74) is 9.46. The fourth-order valence-electron chi connectivity index (χ4n) is 3.66. The molecule has 3 rings (SSSR count). The van der Waals surface area contributed by atoms with E-state index in [4.69, 9.17) is 17.3 Å². The van der Waals surface area contributed by atoms with Gasteiger partial charge in [0, 0.05) is 36.9 Å². The second kappa shape index (κ2) is 9.22. The minimum Gasteiger partial charge on any atom is -0.373 e. The lowest BCUT2D eigenvalue weighted by Gasteiger charge is -2.41. The molecule has 0 aromatic heterocycles. The Morgan fingerprint density at radius 2 is 1.58 bits per heavy atom. The van der Waals surface area contributed by atoms with Gasteiger partial charge in [0.25, 0.3) is 0 Å². The van der Waals surface area contributed by atoms with E-state index in [1.54, 1.807) is 0 Å². The summed E-state index contributed by atoms with van der Waals surface area (Å²) in [6.45, 7) is 9.04. The van der Waals surface area contributed by atoms with Gasteiger partial charge in [-0.05, 0) is 42.6 Å². The molecule has 1 atom stereocenters. The van der Waals surface area contributed by atoms with Crippen molar-refractivity contribution < 1.29 is 0 Å². The molecule has 0 bridgehead atoms. The SMILES string of the molecule is C=C(CCCN)N1CCN(C(c2ccccc2)c2ccc(Cl)cc2)CC1. The highest BCUT2D eigenvalue weighted by atomic mass is 35.5. The predicted molar refractivity (Wildman–Crippen MR) is 110 cm³/mol. The molecular formula is C22H28ClN3. The number of nitrogens with two attached hydrogens (primary N) is 1. The van der Waals surface area contributed by atoms with Gasteiger partial charge in [0.15, 0.2) is 0 Å². The predicted octanol–water partition coefficient (Wildman–Crippen LogP) is 4.30. The van der Waals surface area contributed by atoms with Crippen LogP contribution in [0.5, 0.6) is 0 Å². The van der Waals surface area contributed by atoms with Crippen molar-refractivity contribution in [3.8, 4) is 0 Å². The smallest absolute Gasteiger partial charge is 0.0603 e. The first kappa shape index (κ1) is 19.0. The lowest BCUT2D eigenvalue weighted by Crippen LogP contribution is -2.47. The van der Waals surface area contributed by atoms with E-state index in [1.165, 1.54) is 16.8 Å². The summed E-state index contributed by atoms with van der Waals surface area (Å²) in [7, 11) is 0. The number of halogens is 1. The van der Waals surface area contributed by atoms with Crippen LogP contribution in [-0.2, 0) is 0 Å². The Morgan fingerprint density at radius 1 is 0.962 bits per heavy atom. The monoisotopic (exact) mass is 369 g/mol. The van der Waals surface area contributed by atoms with Gasteiger partial charge in [-0.3, -0.25) is 4.90 Å². The van der Waals surface area contributed by atoms with Gasteiger partial charge >= 0.3 is 0 Å². The van der Waals surface area contributed by atoms with Crippen molar-refractivity contribution in [3.63, 3.8) is 0 Å². The zero-order valence-corrected chi connectivity index (χ0v) is 16.0. The first-order valence-corrected chi connectivity index (χ1v) is 9.74. The molecule has 26 heavy (non-hydrogen) atoms. The highest BCUT2D eigenvalue weighted by molar-refractivity contribution is 6.30. The van der Waals surface area contributed by atoms with Crippen molar-refractivity contribution in [2.45, 2.75) is 18.9 Å². The quantitative estimate of drug-likeness (QED) is 0.789. The number of hydrogen-bond donors (Lipinski definition) is 1. The molecule has 1 saturated heterocycles. The van der Waals surface area contributed by atoms with Crippen LogP contribution >= 0.6 is 11.6 Å². The third-order valence-corrected chi connectivity index (χ3v) is 5.35. The average molecular weight is 370 g/mol. The maximum Gasteiger partial charge on any atom is 0.0603 e. The standard InChI is InChI=1S/C22H28ClN3/c1-18(6-5-13-24)25-14-16-26(17-15-25)22(19-7-3-2-4-8-19)20-9-11-21(23)12-10-20/h2-4,7-12,22H,1,5-6,13-17,24H2. The maximum atomic E-state index is 6.10. The van der Waals surface area contributed by atoms with E-state index in [1.807, 2.05) is 12.1 Å². The molecule has 1 fully saturated rings. The van der Waals surface area contributed by atoms with Crippen LogP contribution in [0.15, 0.2) is 66.9 Å². The van der Waals surface area contributed by atoms with Crippen LogP contribution in [0.25, 0.3) is 0 Å². The minimum absolute atomic E-state index is 0.257. The highest BCUT2D eigenvalue weighted by Crippen LogP contribution is 2.30. The van der Waals surface area contributed by atoms with E-state index in [0.29, 0.717) is 0 Å². The maximum absolute atomic E-state index is 6.10. The molecular weight excluding hydrogens is 342 g/mol. The second-order valence-corrected chi connectivity index (χ2v) is 7.28. The Morgan fingerprint density at radius 3 is 2.19 bits per heavy atom. The molecule has 2 aromatic carbocycles. The molecule has 1 heterocycles. The van der Waals surface area contributed by atoms with Crippen molar-refractivity contribution in [1.82, 2.24) is 9.80 Å². The number of hydrogen-bond acceptors (Lipinski definition) is 3. The van der Waals surface area contributed by atoms with E-state index in [-0.39, 0.29) is 6.04 Å². The topological polar surface area (TPSA) is 32.5 Å². The van der Waals surface area contributed by atoms with Crippen molar-refractivity contribution in [1.29, 1.82) is 0 Å². The molecule has 0 radical (unpaired) electrons. The zero-order chi connectivity index (χ0) is 18.4. The molecule has 138 valence electrons. The summed E-state index contributed by atoms with van der Waals surface area (Å²) < 4.78 is 0. The van der Waals surface area contributed by atoms with E-state index < -0.39 is 0 Å². The van der Waals surface area contributed by atoms with E-state index in [9.17, 15) is 0 Å². The van der Waals surface area contributed by atoms with E-state index in [2.05, 4.69) is 58.8 Å². The van der Waals surface area contributed by atoms with Crippen LogP contribution in [0.1, 0.15) is 30.0 Å². The molecule has 3 nitrogen and oxygen atoms in total.